The van der Waals surface area contributed by atoms with Crippen molar-refractivity contribution in [1.82, 2.24) is 0 Å². The molecule has 0 aliphatic rings. The van der Waals surface area contributed by atoms with E-state index in [-0.39, 0.29) is 12.1 Å². The van der Waals surface area contributed by atoms with Crippen molar-refractivity contribution in [3.63, 3.8) is 0 Å². The van der Waals surface area contributed by atoms with Gasteiger partial charge in [0.2, 0.25) is 0 Å². The molecule has 0 aliphatic carbocycles. The Kier molecular flexibility index (Phi) is 3.96. The summed E-state index contributed by atoms with van der Waals surface area (Å²) in [5, 5.41) is 0. The van der Waals surface area contributed by atoms with Crippen molar-refractivity contribution in [2.45, 2.75) is 44.4 Å². The van der Waals surface area contributed by atoms with Crippen LogP contribution >= 0.6 is 0 Å². The fraction of sp³-hybridized carbons (Fsp3) is 1.00. The first-order chi connectivity index (χ1) is 4.90. The molecule has 2 atom stereocenters. The number of rotatable bonds is 4. The van der Waals surface area contributed by atoms with Crippen LogP contribution in [0.3, 0.4) is 0 Å². The van der Waals surface area contributed by atoms with E-state index in [9.17, 15) is 0 Å². The van der Waals surface area contributed by atoms with Gasteiger partial charge < -0.3 is 22.9 Å². The van der Waals surface area contributed by atoms with Crippen LogP contribution in [0.4, 0.5) is 0 Å². The Morgan fingerprint density at radius 3 is 2.00 bits per heavy atom. The van der Waals surface area contributed by atoms with E-state index in [1.165, 1.54) is 0 Å². The highest BCUT2D eigenvalue weighted by Gasteiger charge is 2.25. The average Bonchev–Trinajstić information content (AvgIpc) is 1.86. The lowest BCUT2D eigenvalue weighted by Crippen LogP contribution is -2.62. The summed E-state index contributed by atoms with van der Waals surface area (Å²) in [6, 6.07) is -0.157. The van der Waals surface area contributed by atoms with Gasteiger partial charge in [0, 0.05) is 12.1 Å². The van der Waals surface area contributed by atoms with Gasteiger partial charge in [0.25, 0.3) is 0 Å². The second kappa shape index (κ2) is 4.01. The molecule has 0 aliphatic heterocycles. The summed E-state index contributed by atoms with van der Waals surface area (Å²) in [5.41, 5.74) is 21.9. The van der Waals surface area contributed by atoms with Crippen LogP contribution in [-0.2, 0) is 0 Å². The highest BCUT2D eigenvalue weighted by Crippen LogP contribution is 2.07. The molecule has 4 heteroatoms. The van der Waals surface area contributed by atoms with E-state index < -0.39 is 5.66 Å². The highest BCUT2D eigenvalue weighted by atomic mass is 15.0. The molecular weight excluding hydrogens is 140 g/mol. The summed E-state index contributed by atoms with van der Waals surface area (Å²) in [6.45, 7) is 3.81. The minimum Gasteiger partial charge on any atom is -0.328 e. The van der Waals surface area contributed by atoms with Crippen molar-refractivity contribution in [3.8, 4) is 0 Å². The van der Waals surface area contributed by atoms with Gasteiger partial charge in [-0.1, -0.05) is 6.92 Å². The van der Waals surface area contributed by atoms with Crippen molar-refractivity contribution in [1.29, 1.82) is 0 Å². The van der Waals surface area contributed by atoms with Gasteiger partial charge in [0.05, 0.1) is 5.66 Å². The molecule has 0 bridgehead atoms. The Bertz CT molecular complexity index is 111. The van der Waals surface area contributed by atoms with Gasteiger partial charge in [-0.3, -0.25) is 0 Å². The molecule has 0 aromatic carbocycles. The molecule has 0 fully saturated rings. The fourth-order valence-electron chi connectivity index (χ4n) is 0.882. The molecule has 0 rings (SSSR count). The smallest absolute Gasteiger partial charge is 0.0790 e. The van der Waals surface area contributed by atoms with Gasteiger partial charge >= 0.3 is 0 Å². The summed E-state index contributed by atoms with van der Waals surface area (Å²) in [6.07, 6.45) is 1.34. The maximum absolute atomic E-state index is 5.73. The van der Waals surface area contributed by atoms with Gasteiger partial charge in [-0.05, 0) is 19.8 Å². The molecule has 0 aromatic rings. The van der Waals surface area contributed by atoms with Crippen LogP contribution in [-0.4, -0.2) is 17.7 Å². The van der Waals surface area contributed by atoms with Gasteiger partial charge in [0.1, 0.15) is 0 Å². The lowest BCUT2D eigenvalue weighted by Gasteiger charge is -2.30. The third-order valence-corrected chi connectivity index (χ3v) is 1.93. The van der Waals surface area contributed by atoms with Crippen LogP contribution in [0.2, 0.25) is 0 Å². The van der Waals surface area contributed by atoms with E-state index in [1.54, 1.807) is 0 Å². The van der Waals surface area contributed by atoms with Crippen molar-refractivity contribution < 1.29 is 0 Å². The fourth-order valence-corrected chi connectivity index (χ4v) is 0.882. The molecule has 0 saturated carbocycles. The molecule has 2 unspecified atom stereocenters. The molecule has 0 saturated heterocycles. The Morgan fingerprint density at radius 1 is 1.27 bits per heavy atom. The average molecular weight is 160 g/mol. The van der Waals surface area contributed by atoms with E-state index in [0.717, 1.165) is 0 Å². The SMILES string of the molecule is CCC(N)(N)C(N)CC(C)N. The van der Waals surface area contributed by atoms with Gasteiger partial charge in [0.15, 0.2) is 0 Å². The van der Waals surface area contributed by atoms with Crippen LogP contribution in [0.15, 0.2) is 0 Å². The largest absolute Gasteiger partial charge is 0.328 e. The zero-order valence-corrected chi connectivity index (χ0v) is 7.38. The normalized spacial score (nSPS) is 18.0. The van der Waals surface area contributed by atoms with E-state index in [0.29, 0.717) is 12.8 Å². The highest BCUT2D eigenvalue weighted by molar-refractivity contribution is 4.88. The molecule has 0 aromatic heterocycles. The number of hydrogen-bond donors (Lipinski definition) is 4. The molecule has 0 heterocycles. The Morgan fingerprint density at radius 2 is 1.73 bits per heavy atom. The van der Waals surface area contributed by atoms with Crippen molar-refractivity contribution in [2.24, 2.45) is 22.9 Å². The Labute approximate surface area is 68.3 Å². The first kappa shape index (κ1) is 10.8. The lowest BCUT2D eigenvalue weighted by atomic mass is 9.95. The zero-order chi connectivity index (χ0) is 9.07. The predicted octanol–water partition coefficient (Wildman–Crippen LogP) is -0.925. The van der Waals surface area contributed by atoms with Crippen LogP contribution in [0.25, 0.3) is 0 Å². The summed E-state index contributed by atoms with van der Waals surface area (Å²) in [5.74, 6) is 0. The van der Waals surface area contributed by atoms with Crippen molar-refractivity contribution >= 4 is 0 Å². The Balaban J connectivity index is 3.90. The maximum atomic E-state index is 5.73. The molecular formula is C7H20N4. The second-order valence-corrected chi connectivity index (χ2v) is 3.29. The molecule has 11 heavy (non-hydrogen) atoms. The van der Waals surface area contributed by atoms with E-state index >= 15 is 0 Å². The number of nitrogens with two attached hydrogens (primary N) is 4. The van der Waals surface area contributed by atoms with Crippen LogP contribution in [0.1, 0.15) is 26.7 Å². The number of hydrogen-bond acceptors (Lipinski definition) is 4. The summed E-state index contributed by atoms with van der Waals surface area (Å²) in [7, 11) is 0. The van der Waals surface area contributed by atoms with Gasteiger partial charge in [-0.15, -0.1) is 0 Å². The third-order valence-electron chi connectivity index (χ3n) is 1.93. The summed E-state index contributed by atoms with van der Waals surface area (Å²) >= 11 is 0. The lowest BCUT2D eigenvalue weighted by molar-refractivity contribution is 0.316. The minimum absolute atomic E-state index is 0.0584. The first-order valence-corrected chi connectivity index (χ1v) is 3.99. The Hall–Kier alpha value is -0.160. The monoisotopic (exact) mass is 160 g/mol. The van der Waals surface area contributed by atoms with Crippen LogP contribution in [0.5, 0.6) is 0 Å². The first-order valence-electron chi connectivity index (χ1n) is 3.99. The molecule has 68 valence electrons. The van der Waals surface area contributed by atoms with Gasteiger partial charge in [-0.25, -0.2) is 0 Å². The molecule has 0 amide bonds. The standard InChI is InChI=1S/C7H20N4/c1-3-7(10,11)6(9)4-5(2)8/h5-6H,3-4,8-11H2,1-2H3. The predicted molar refractivity (Wildman–Crippen MR) is 47.6 cm³/mol. The summed E-state index contributed by atoms with van der Waals surface area (Å²) < 4.78 is 0. The zero-order valence-electron chi connectivity index (χ0n) is 7.38. The molecule has 8 N–H and O–H groups in total. The maximum Gasteiger partial charge on any atom is 0.0790 e. The molecule has 0 radical (unpaired) electrons. The third kappa shape index (κ3) is 3.67. The van der Waals surface area contributed by atoms with Crippen LogP contribution < -0.4 is 22.9 Å². The van der Waals surface area contributed by atoms with Gasteiger partial charge in [-0.2, -0.15) is 0 Å². The van der Waals surface area contributed by atoms with E-state index in [4.69, 9.17) is 22.9 Å². The van der Waals surface area contributed by atoms with Crippen molar-refractivity contribution in [3.05, 3.63) is 0 Å². The van der Waals surface area contributed by atoms with Crippen molar-refractivity contribution in [2.75, 3.05) is 0 Å². The van der Waals surface area contributed by atoms with Crippen LogP contribution in [0, 0.1) is 0 Å². The molecule has 0 spiro atoms. The van der Waals surface area contributed by atoms with E-state index in [1.807, 2.05) is 13.8 Å². The second-order valence-electron chi connectivity index (χ2n) is 3.29. The summed E-state index contributed by atoms with van der Waals surface area (Å²) in [4.78, 5) is 0. The molecule has 4 nitrogen and oxygen atoms in total. The quantitative estimate of drug-likeness (QED) is 0.399. The topological polar surface area (TPSA) is 104 Å². The minimum atomic E-state index is -0.770. The van der Waals surface area contributed by atoms with E-state index in [2.05, 4.69) is 0 Å².